The molecule has 1 unspecified atom stereocenters. The monoisotopic (exact) mass is 690 g/mol. The van der Waals surface area contributed by atoms with Gasteiger partial charge in [-0.15, -0.1) is 84.1 Å². The molecule has 3 radical (unpaired) electrons. The van der Waals surface area contributed by atoms with Crippen LogP contribution in [0.15, 0.2) is 89.9 Å². The fourth-order valence-corrected chi connectivity index (χ4v) is 3.85. The smallest absolute Gasteiger partial charge is 0.480 e. The van der Waals surface area contributed by atoms with Crippen LogP contribution in [0.3, 0.4) is 0 Å². The van der Waals surface area contributed by atoms with E-state index in [0.717, 1.165) is 32.0 Å². The maximum Gasteiger partial charge on any atom is 2.00 e. The summed E-state index contributed by atoms with van der Waals surface area (Å²) in [7, 11) is 0. The zero-order chi connectivity index (χ0) is 21.5. The molecule has 5 nitrogen and oxygen atoms in total. The summed E-state index contributed by atoms with van der Waals surface area (Å²) in [6.45, 7) is 2.62. The summed E-state index contributed by atoms with van der Waals surface area (Å²) in [6.07, 6.45) is 1.73. The van der Waals surface area contributed by atoms with Gasteiger partial charge in [-0.05, 0) is 12.8 Å². The van der Waals surface area contributed by atoms with Crippen molar-refractivity contribution in [1.82, 2.24) is 10.2 Å². The molecule has 2 heterocycles. The van der Waals surface area contributed by atoms with Gasteiger partial charge in [0.05, 0.1) is 0 Å². The molecule has 0 aliphatic carbocycles. The van der Waals surface area contributed by atoms with Crippen LogP contribution in [-0.4, -0.2) is 73.5 Å². The maximum atomic E-state index is 10.7. The SMILES string of the molecule is Cl.Cl.O=C(O)C1CCN2CCCN=C2N1.[In].[Zr+2].c1ccc2[cH-]ccc2c1.c1ccc2[cH-]ccc2c1. The van der Waals surface area contributed by atoms with Gasteiger partial charge in [0.1, 0.15) is 6.04 Å². The van der Waals surface area contributed by atoms with Crippen molar-refractivity contribution < 1.29 is 36.1 Å². The van der Waals surface area contributed by atoms with Crippen LogP contribution in [0, 0.1) is 0 Å². The van der Waals surface area contributed by atoms with Gasteiger partial charge in [-0.1, -0.05) is 12.1 Å². The van der Waals surface area contributed by atoms with Gasteiger partial charge in [0.15, 0.2) is 5.96 Å². The maximum absolute atomic E-state index is 10.7. The molecule has 2 aliphatic rings. The molecule has 0 bridgehead atoms. The largest absolute Gasteiger partial charge is 2.00 e. The predicted molar refractivity (Wildman–Crippen MR) is 147 cm³/mol. The van der Waals surface area contributed by atoms with Gasteiger partial charge < -0.3 is 15.3 Å². The summed E-state index contributed by atoms with van der Waals surface area (Å²) in [5.74, 6) is -0.0159. The third-order valence-electron chi connectivity index (χ3n) is 5.53. The second-order valence-corrected chi connectivity index (χ2v) is 7.68. The number of carboxylic acids is 1. The summed E-state index contributed by atoms with van der Waals surface area (Å²) >= 11 is 0. The van der Waals surface area contributed by atoms with E-state index in [1.54, 1.807) is 0 Å². The predicted octanol–water partition coefficient (Wildman–Crippen LogP) is 5.07. The number of hydrogen-bond donors (Lipinski definition) is 2. The number of benzene rings is 2. The van der Waals surface area contributed by atoms with Gasteiger partial charge >= 0.3 is 32.2 Å². The fourth-order valence-electron chi connectivity index (χ4n) is 3.85. The van der Waals surface area contributed by atoms with Gasteiger partial charge in [-0.3, -0.25) is 4.99 Å². The third-order valence-corrected chi connectivity index (χ3v) is 5.53. The molecular weight excluding hydrogens is 663 g/mol. The molecule has 1 fully saturated rings. The van der Waals surface area contributed by atoms with Crippen molar-refractivity contribution in [2.75, 3.05) is 19.6 Å². The summed E-state index contributed by atoms with van der Waals surface area (Å²) in [6, 6.07) is 28.9. The van der Waals surface area contributed by atoms with Crippen LogP contribution in [0.25, 0.3) is 21.5 Å². The number of hydrogen-bond acceptors (Lipinski definition) is 4. The molecule has 0 amide bonds. The number of halogens is 2. The third kappa shape index (κ3) is 9.61. The van der Waals surface area contributed by atoms with E-state index < -0.39 is 12.0 Å². The van der Waals surface area contributed by atoms with Crippen LogP contribution in [0.4, 0.5) is 0 Å². The number of carbonyl (C=O) groups is 1. The van der Waals surface area contributed by atoms with Crippen molar-refractivity contribution in [3.8, 4) is 0 Å². The number of rotatable bonds is 1. The zero-order valence-corrected chi connectivity index (χ0v) is 26.7. The van der Waals surface area contributed by atoms with Crippen LogP contribution < -0.4 is 5.32 Å². The zero-order valence-electron chi connectivity index (χ0n) is 19.3. The first-order valence-electron chi connectivity index (χ1n) is 10.7. The minimum Gasteiger partial charge on any atom is -0.480 e. The van der Waals surface area contributed by atoms with E-state index in [9.17, 15) is 4.79 Å². The Morgan fingerprint density at radius 1 is 0.914 bits per heavy atom. The first kappa shape index (κ1) is 33.7. The Morgan fingerprint density at radius 2 is 1.46 bits per heavy atom. The molecular formula is C26H29Cl2InN3O2Zr. The van der Waals surface area contributed by atoms with Crippen molar-refractivity contribution in [3.63, 3.8) is 0 Å². The molecule has 0 aromatic heterocycles. The van der Waals surface area contributed by atoms with E-state index in [1.807, 2.05) is 0 Å². The summed E-state index contributed by atoms with van der Waals surface area (Å²) in [4.78, 5) is 17.1. The van der Waals surface area contributed by atoms with E-state index in [0.29, 0.717) is 6.42 Å². The van der Waals surface area contributed by atoms with Crippen molar-refractivity contribution in [1.29, 1.82) is 0 Å². The number of aliphatic imine (C=N–C) groups is 1. The molecule has 0 spiro atoms. The molecule has 2 N–H and O–H groups in total. The van der Waals surface area contributed by atoms with Crippen LogP contribution in [0.5, 0.6) is 0 Å². The Bertz CT molecular complexity index is 1060. The van der Waals surface area contributed by atoms with Gasteiger partial charge in [-0.25, -0.2) is 4.79 Å². The first-order valence-corrected chi connectivity index (χ1v) is 10.7. The normalized spacial score (nSPS) is 15.4. The molecule has 9 heteroatoms. The van der Waals surface area contributed by atoms with Crippen LogP contribution in [0.2, 0.25) is 0 Å². The topological polar surface area (TPSA) is 64.9 Å². The van der Waals surface area contributed by atoms with E-state index >= 15 is 0 Å². The average Bonchev–Trinajstić information content (AvgIpc) is 3.49. The molecule has 2 aliphatic heterocycles. The van der Waals surface area contributed by atoms with E-state index in [1.165, 1.54) is 21.5 Å². The number of carboxylic acid groups (broad SMARTS) is 1. The van der Waals surface area contributed by atoms with Crippen LogP contribution in [0.1, 0.15) is 12.8 Å². The van der Waals surface area contributed by atoms with Crippen molar-refractivity contribution in [3.05, 3.63) is 84.9 Å². The standard InChI is InChI=1S/2C9H7.C8H13N3O2.2ClH.In.Zr/c2*1-2-5-9-7-3-6-8(9)4-1;12-7(13)6-2-5-11-4-1-3-9-8(11)10-6;;;;/h2*1-7H;6H,1-5H2,(H,9,10)(H,12,13);2*1H;;/q2*-1;;;;;+2. The van der Waals surface area contributed by atoms with Crippen LogP contribution in [-0.2, 0) is 31.0 Å². The Hall–Kier alpha value is -1.27. The molecule has 35 heavy (non-hydrogen) atoms. The van der Waals surface area contributed by atoms with E-state index in [-0.39, 0.29) is 76.9 Å². The van der Waals surface area contributed by atoms with Crippen molar-refractivity contribution in [2.45, 2.75) is 18.9 Å². The summed E-state index contributed by atoms with van der Waals surface area (Å²) < 4.78 is 0. The number of guanidine groups is 1. The van der Waals surface area contributed by atoms with Gasteiger partial charge in [0.25, 0.3) is 0 Å². The molecule has 1 atom stereocenters. The quantitative estimate of drug-likeness (QED) is 0.274. The fraction of sp³-hybridized carbons (Fsp3) is 0.231. The molecule has 0 saturated carbocycles. The van der Waals surface area contributed by atoms with Gasteiger partial charge in [0.2, 0.25) is 0 Å². The minimum atomic E-state index is -0.784. The molecule has 4 aromatic rings. The first-order chi connectivity index (χ1) is 15.2. The summed E-state index contributed by atoms with van der Waals surface area (Å²) in [5.41, 5.74) is 0. The molecule has 181 valence electrons. The van der Waals surface area contributed by atoms with Crippen molar-refractivity contribution >= 4 is 84.1 Å². The van der Waals surface area contributed by atoms with Gasteiger partial charge in [0, 0.05) is 45.5 Å². The van der Waals surface area contributed by atoms with Gasteiger partial charge in [-0.2, -0.15) is 35.0 Å². The Kier molecular flexibility index (Phi) is 16.6. The number of nitrogens with one attached hydrogen (secondary N) is 1. The van der Waals surface area contributed by atoms with E-state index in [4.69, 9.17) is 5.11 Å². The van der Waals surface area contributed by atoms with Crippen LogP contribution >= 0.6 is 24.8 Å². The Labute approximate surface area is 256 Å². The average molecular weight is 692 g/mol. The number of fused-ring (bicyclic) bond motifs is 3. The Balaban J connectivity index is 0.000000478. The second kappa shape index (κ2) is 17.2. The summed E-state index contributed by atoms with van der Waals surface area (Å²) in [5, 5.41) is 17.0. The Morgan fingerprint density at radius 3 is 1.97 bits per heavy atom. The van der Waals surface area contributed by atoms with Crippen molar-refractivity contribution in [2.24, 2.45) is 4.99 Å². The second-order valence-electron chi connectivity index (χ2n) is 7.68. The number of nitrogens with zero attached hydrogens (tertiary/aromatic N) is 2. The molecule has 1 saturated heterocycles. The number of aliphatic carboxylic acids is 1. The minimum absolute atomic E-state index is 0. The molecule has 4 aromatic carbocycles. The van der Waals surface area contributed by atoms with E-state index in [2.05, 4.69) is 100 Å². The molecule has 6 rings (SSSR count).